The first-order valence-electron chi connectivity index (χ1n) is 6.72. The number of carboxylic acid groups (broad SMARTS) is 1. The molecule has 0 aromatic carbocycles. The summed E-state index contributed by atoms with van der Waals surface area (Å²) in [5.74, 6) is -0.942. The average Bonchev–Trinajstić information content (AvgIpc) is 2.77. The molecule has 1 fully saturated rings. The van der Waals surface area contributed by atoms with Gasteiger partial charge in [-0.05, 0) is 38.5 Å². The van der Waals surface area contributed by atoms with Gasteiger partial charge in [-0.25, -0.2) is 13.1 Å². The van der Waals surface area contributed by atoms with Gasteiger partial charge >= 0.3 is 10.8 Å². The molecule has 7 nitrogen and oxygen atoms in total. The summed E-state index contributed by atoms with van der Waals surface area (Å²) in [4.78, 5) is 24.1. The molecule has 1 aromatic heterocycles. The number of H-pyrrole nitrogens is 1. The number of nitrogens with one attached hydrogen (secondary N) is 2. The molecular weight excluding hydrogens is 316 g/mol. The normalized spacial score (nSPS) is 23.1. The summed E-state index contributed by atoms with van der Waals surface area (Å²) in [7, 11) is -3.68. The van der Waals surface area contributed by atoms with Gasteiger partial charge in [-0.1, -0.05) is 11.3 Å². The Morgan fingerprint density at radius 3 is 2.48 bits per heavy atom. The van der Waals surface area contributed by atoms with Gasteiger partial charge in [0.1, 0.15) is 0 Å². The van der Waals surface area contributed by atoms with Crippen LogP contribution < -0.4 is 9.60 Å². The Balaban J connectivity index is 1.93. The standard InChI is InChI=1S/C12H18N2O5S2/c1-7-11(20-12(17)14-7)21(18,19)13-6-8-2-4-9(5-3-8)10(15)16/h8-9,13H,2-6H2,1H3,(H,14,17)(H,15,16). The third-order valence-electron chi connectivity index (χ3n) is 3.78. The highest BCUT2D eigenvalue weighted by atomic mass is 32.2. The van der Waals surface area contributed by atoms with Gasteiger partial charge in [0.25, 0.3) is 10.0 Å². The number of carbonyl (C=O) groups is 1. The molecule has 0 bridgehead atoms. The van der Waals surface area contributed by atoms with Crippen molar-refractivity contribution in [2.45, 2.75) is 36.8 Å². The van der Waals surface area contributed by atoms with E-state index >= 15 is 0 Å². The molecule has 1 heterocycles. The number of aromatic nitrogens is 1. The second-order valence-electron chi connectivity index (χ2n) is 5.33. The summed E-state index contributed by atoms with van der Waals surface area (Å²) in [6, 6.07) is 0. The average molecular weight is 334 g/mol. The summed E-state index contributed by atoms with van der Waals surface area (Å²) in [6.45, 7) is 1.82. The second kappa shape index (κ2) is 6.29. The van der Waals surface area contributed by atoms with Crippen LogP contribution in [0.4, 0.5) is 0 Å². The first-order valence-corrected chi connectivity index (χ1v) is 9.01. The number of sulfonamides is 1. The van der Waals surface area contributed by atoms with Crippen LogP contribution in [-0.2, 0) is 14.8 Å². The van der Waals surface area contributed by atoms with Crippen LogP contribution in [0.2, 0.25) is 0 Å². The van der Waals surface area contributed by atoms with Crippen LogP contribution in [0.25, 0.3) is 0 Å². The van der Waals surface area contributed by atoms with Crippen molar-refractivity contribution >= 4 is 27.3 Å². The van der Waals surface area contributed by atoms with Crippen molar-refractivity contribution in [3.8, 4) is 0 Å². The Labute approximate surface area is 126 Å². The molecule has 1 saturated carbocycles. The van der Waals surface area contributed by atoms with Crippen molar-refractivity contribution in [3.05, 3.63) is 15.4 Å². The minimum atomic E-state index is -3.68. The lowest BCUT2D eigenvalue weighted by Crippen LogP contribution is -2.32. The Hall–Kier alpha value is -1.19. The maximum atomic E-state index is 12.1. The summed E-state index contributed by atoms with van der Waals surface area (Å²) >= 11 is 0.673. The molecule has 1 aromatic rings. The van der Waals surface area contributed by atoms with Crippen molar-refractivity contribution in [1.29, 1.82) is 0 Å². The van der Waals surface area contributed by atoms with E-state index in [0.29, 0.717) is 42.7 Å². The first kappa shape index (κ1) is 16.2. The lowest BCUT2D eigenvalue weighted by Gasteiger charge is -2.26. The van der Waals surface area contributed by atoms with Crippen molar-refractivity contribution < 1.29 is 18.3 Å². The van der Waals surface area contributed by atoms with Crippen LogP contribution in [0.1, 0.15) is 31.4 Å². The lowest BCUT2D eigenvalue weighted by molar-refractivity contribution is -0.143. The summed E-state index contributed by atoms with van der Waals surface area (Å²) in [6.07, 6.45) is 2.56. The highest BCUT2D eigenvalue weighted by Crippen LogP contribution is 2.29. The zero-order valence-corrected chi connectivity index (χ0v) is 13.2. The van der Waals surface area contributed by atoms with Crippen LogP contribution in [-0.4, -0.2) is 31.0 Å². The summed E-state index contributed by atoms with van der Waals surface area (Å²) in [5, 5.41) is 8.92. The molecular formula is C12H18N2O5S2. The van der Waals surface area contributed by atoms with Crippen LogP contribution >= 0.6 is 11.3 Å². The third kappa shape index (κ3) is 3.92. The molecule has 0 amide bonds. The van der Waals surface area contributed by atoms with Gasteiger partial charge in [-0.3, -0.25) is 9.59 Å². The largest absolute Gasteiger partial charge is 0.481 e. The minimum absolute atomic E-state index is 0.0201. The fourth-order valence-electron chi connectivity index (χ4n) is 2.55. The second-order valence-corrected chi connectivity index (χ2v) is 8.28. The molecule has 0 radical (unpaired) electrons. The van der Waals surface area contributed by atoms with E-state index in [9.17, 15) is 18.0 Å². The number of aromatic amines is 1. The van der Waals surface area contributed by atoms with Gasteiger partial charge in [0.15, 0.2) is 4.21 Å². The van der Waals surface area contributed by atoms with Crippen molar-refractivity contribution in [1.82, 2.24) is 9.71 Å². The van der Waals surface area contributed by atoms with E-state index in [1.165, 1.54) is 0 Å². The Kier molecular flexibility index (Phi) is 4.84. The minimum Gasteiger partial charge on any atom is -0.481 e. The third-order valence-corrected chi connectivity index (χ3v) is 6.81. The molecule has 0 atom stereocenters. The number of carboxylic acids is 1. The van der Waals surface area contributed by atoms with E-state index < -0.39 is 20.9 Å². The van der Waals surface area contributed by atoms with E-state index in [4.69, 9.17) is 5.11 Å². The quantitative estimate of drug-likeness (QED) is 0.740. The molecule has 21 heavy (non-hydrogen) atoms. The van der Waals surface area contributed by atoms with E-state index in [-0.39, 0.29) is 22.6 Å². The molecule has 118 valence electrons. The van der Waals surface area contributed by atoms with E-state index in [0.717, 1.165) is 0 Å². The molecule has 0 aliphatic heterocycles. The fourth-order valence-corrected chi connectivity index (χ4v) is 5.01. The smallest absolute Gasteiger partial charge is 0.306 e. The Morgan fingerprint density at radius 1 is 1.38 bits per heavy atom. The predicted molar refractivity (Wildman–Crippen MR) is 77.9 cm³/mol. The SMILES string of the molecule is Cc1[nH]c(=O)sc1S(=O)(=O)NCC1CCC(C(=O)O)CC1. The highest BCUT2D eigenvalue weighted by molar-refractivity contribution is 7.91. The van der Waals surface area contributed by atoms with Crippen molar-refractivity contribution in [2.75, 3.05) is 6.54 Å². The molecule has 0 spiro atoms. The van der Waals surface area contributed by atoms with E-state index in [1.54, 1.807) is 6.92 Å². The number of aliphatic carboxylic acids is 1. The monoisotopic (exact) mass is 334 g/mol. The molecule has 1 aliphatic carbocycles. The number of hydrogen-bond donors (Lipinski definition) is 3. The summed E-state index contributed by atoms with van der Waals surface area (Å²) in [5.41, 5.74) is 0.340. The first-order chi connectivity index (χ1) is 9.79. The number of hydrogen-bond acceptors (Lipinski definition) is 5. The van der Waals surface area contributed by atoms with Gasteiger partial charge in [0.05, 0.1) is 5.92 Å². The van der Waals surface area contributed by atoms with Gasteiger partial charge in [0, 0.05) is 12.2 Å². The van der Waals surface area contributed by atoms with Crippen LogP contribution in [0.5, 0.6) is 0 Å². The zero-order valence-electron chi connectivity index (χ0n) is 11.6. The highest BCUT2D eigenvalue weighted by Gasteiger charge is 2.27. The predicted octanol–water partition coefficient (Wildman–Crippen LogP) is 0.914. The number of rotatable bonds is 5. The molecule has 9 heteroatoms. The molecule has 0 saturated heterocycles. The molecule has 3 N–H and O–H groups in total. The van der Waals surface area contributed by atoms with Crippen LogP contribution in [0.15, 0.2) is 9.00 Å². The van der Waals surface area contributed by atoms with Gasteiger partial charge in [-0.2, -0.15) is 0 Å². The number of aryl methyl sites for hydroxylation is 1. The van der Waals surface area contributed by atoms with Crippen LogP contribution in [0.3, 0.4) is 0 Å². The van der Waals surface area contributed by atoms with Crippen molar-refractivity contribution in [2.24, 2.45) is 11.8 Å². The molecule has 0 unspecified atom stereocenters. The van der Waals surface area contributed by atoms with Gasteiger partial charge in [0.2, 0.25) is 0 Å². The maximum Gasteiger partial charge on any atom is 0.306 e. The van der Waals surface area contributed by atoms with Gasteiger partial charge < -0.3 is 10.1 Å². The van der Waals surface area contributed by atoms with E-state index in [2.05, 4.69) is 9.71 Å². The number of thiazole rings is 1. The lowest BCUT2D eigenvalue weighted by atomic mass is 9.82. The van der Waals surface area contributed by atoms with Crippen LogP contribution in [0, 0.1) is 18.8 Å². The molecule has 1 aliphatic rings. The zero-order chi connectivity index (χ0) is 15.6. The van der Waals surface area contributed by atoms with E-state index in [1.807, 2.05) is 0 Å². The fraction of sp³-hybridized carbons (Fsp3) is 0.667. The summed E-state index contributed by atoms with van der Waals surface area (Å²) < 4.78 is 26.8. The van der Waals surface area contributed by atoms with Crippen molar-refractivity contribution in [3.63, 3.8) is 0 Å². The Bertz CT molecular complexity index is 668. The molecule has 2 rings (SSSR count). The van der Waals surface area contributed by atoms with Gasteiger partial charge in [-0.15, -0.1) is 0 Å². The topological polar surface area (TPSA) is 116 Å². The Morgan fingerprint density at radius 2 is 2.00 bits per heavy atom. The maximum absolute atomic E-state index is 12.1.